The molecule has 5 nitrogen and oxygen atoms in total. The molecule has 0 aromatic heterocycles. The summed E-state index contributed by atoms with van der Waals surface area (Å²) in [5.41, 5.74) is 6.98. The predicted octanol–water partition coefficient (Wildman–Crippen LogP) is 2.13. The van der Waals surface area contributed by atoms with Crippen LogP contribution in [0, 0.1) is 0 Å². The topological polar surface area (TPSA) is 67.6 Å². The van der Waals surface area contributed by atoms with Crippen LogP contribution in [0.1, 0.15) is 37.6 Å². The second-order valence-corrected chi connectivity index (χ2v) is 4.88. The smallest absolute Gasteiger partial charge is 0.251 e. The van der Waals surface area contributed by atoms with Gasteiger partial charge < -0.3 is 20.7 Å². The molecule has 3 N–H and O–H groups in total. The predicted molar refractivity (Wildman–Crippen MR) is 86.8 cm³/mol. The fourth-order valence-electron chi connectivity index (χ4n) is 1.98. The van der Waals surface area contributed by atoms with Crippen LogP contribution < -0.4 is 15.8 Å². The molecule has 0 saturated heterocycles. The van der Waals surface area contributed by atoms with E-state index in [-0.39, 0.29) is 5.91 Å². The molecule has 0 aliphatic heterocycles. The van der Waals surface area contributed by atoms with E-state index in [1.165, 1.54) is 0 Å². The van der Waals surface area contributed by atoms with Crippen molar-refractivity contribution < 1.29 is 9.53 Å². The number of ether oxygens (including phenoxy) is 1. The second-order valence-electron chi connectivity index (χ2n) is 4.88. The summed E-state index contributed by atoms with van der Waals surface area (Å²) < 4.78 is 5.54. The maximum absolute atomic E-state index is 12.1. The molecule has 21 heavy (non-hydrogen) atoms. The van der Waals surface area contributed by atoms with Crippen molar-refractivity contribution in [1.82, 2.24) is 10.2 Å². The number of carbonyl (C=O) groups excluding carboxylic acids is 1. The highest BCUT2D eigenvalue weighted by Gasteiger charge is 2.09. The van der Waals surface area contributed by atoms with Crippen molar-refractivity contribution >= 4 is 11.6 Å². The third-order valence-electron chi connectivity index (χ3n) is 3.35. The van der Waals surface area contributed by atoms with Crippen molar-refractivity contribution in [3.8, 4) is 5.75 Å². The normalized spacial score (nSPS) is 10.7. The number of nitrogens with one attached hydrogen (secondary N) is 1. The van der Waals surface area contributed by atoms with Crippen LogP contribution in [0.4, 0.5) is 5.69 Å². The number of nitrogens with two attached hydrogens (primary N) is 1. The molecule has 1 amide bonds. The van der Waals surface area contributed by atoms with Crippen LogP contribution in [0.15, 0.2) is 18.2 Å². The lowest BCUT2D eigenvalue weighted by molar-refractivity contribution is 0.0948. The Balaban J connectivity index is 2.57. The number of nitrogen functional groups attached to an aromatic ring is 1. The first-order valence-electron chi connectivity index (χ1n) is 7.65. The first-order valence-corrected chi connectivity index (χ1v) is 7.65. The first-order chi connectivity index (χ1) is 10.1. The average Bonchev–Trinajstić information content (AvgIpc) is 2.50. The first kappa shape index (κ1) is 17.3. The van der Waals surface area contributed by atoms with E-state index in [4.69, 9.17) is 10.5 Å². The molecule has 0 heterocycles. The van der Waals surface area contributed by atoms with Gasteiger partial charge in [-0.1, -0.05) is 20.8 Å². The summed E-state index contributed by atoms with van der Waals surface area (Å²) >= 11 is 0. The van der Waals surface area contributed by atoms with Crippen molar-refractivity contribution in [2.75, 3.05) is 38.5 Å². The average molecular weight is 293 g/mol. The molecular formula is C16H27N3O2. The summed E-state index contributed by atoms with van der Waals surface area (Å²) in [5, 5.41) is 2.92. The molecule has 0 spiro atoms. The fourth-order valence-corrected chi connectivity index (χ4v) is 1.98. The molecule has 0 radical (unpaired) electrons. The molecule has 5 heteroatoms. The Labute approximate surface area is 127 Å². The quantitative estimate of drug-likeness (QED) is 0.684. The van der Waals surface area contributed by atoms with Gasteiger partial charge in [0.25, 0.3) is 5.91 Å². The summed E-state index contributed by atoms with van der Waals surface area (Å²) in [5.74, 6) is 0.483. The summed E-state index contributed by atoms with van der Waals surface area (Å²) in [4.78, 5) is 14.4. The summed E-state index contributed by atoms with van der Waals surface area (Å²) in [7, 11) is 0. The number of amides is 1. The van der Waals surface area contributed by atoms with Crippen LogP contribution in [0.5, 0.6) is 5.75 Å². The van der Waals surface area contributed by atoms with Crippen LogP contribution in [0.3, 0.4) is 0 Å². The van der Waals surface area contributed by atoms with E-state index >= 15 is 0 Å². The number of carbonyl (C=O) groups is 1. The molecule has 1 aromatic carbocycles. The van der Waals surface area contributed by atoms with E-state index in [9.17, 15) is 4.79 Å². The maximum atomic E-state index is 12.1. The van der Waals surface area contributed by atoms with Crippen molar-refractivity contribution in [3.05, 3.63) is 23.8 Å². The number of likely N-dealkylation sites (N-methyl/N-ethyl adjacent to an activating group) is 1. The van der Waals surface area contributed by atoms with Gasteiger partial charge >= 0.3 is 0 Å². The third kappa shape index (κ3) is 5.63. The van der Waals surface area contributed by atoms with Crippen LogP contribution >= 0.6 is 0 Å². The van der Waals surface area contributed by atoms with Crippen LogP contribution in [-0.4, -0.2) is 43.6 Å². The minimum absolute atomic E-state index is 0.0940. The summed E-state index contributed by atoms with van der Waals surface area (Å²) in [6.45, 7) is 10.3. The molecule has 0 bridgehead atoms. The lowest BCUT2D eigenvalue weighted by Crippen LogP contribution is -2.34. The number of nitrogens with zero attached hydrogens (tertiary/aromatic N) is 1. The van der Waals surface area contributed by atoms with Crippen LogP contribution in [0.2, 0.25) is 0 Å². The zero-order chi connectivity index (χ0) is 15.7. The van der Waals surface area contributed by atoms with E-state index in [0.29, 0.717) is 30.2 Å². The number of hydrogen-bond donors (Lipinski definition) is 2. The molecule has 0 fully saturated rings. The highest BCUT2D eigenvalue weighted by molar-refractivity contribution is 5.95. The maximum Gasteiger partial charge on any atom is 0.251 e. The molecule has 118 valence electrons. The van der Waals surface area contributed by atoms with Crippen molar-refractivity contribution in [2.45, 2.75) is 27.2 Å². The van der Waals surface area contributed by atoms with Gasteiger partial charge in [0.05, 0.1) is 12.3 Å². The largest absolute Gasteiger partial charge is 0.491 e. The molecule has 0 aliphatic rings. The van der Waals surface area contributed by atoms with Crippen LogP contribution in [0.25, 0.3) is 0 Å². The highest BCUT2D eigenvalue weighted by atomic mass is 16.5. The Bertz CT molecular complexity index is 445. The van der Waals surface area contributed by atoms with Gasteiger partial charge in [0, 0.05) is 18.7 Å². The van der Waals surface area contributed by atoms with Crippen molar-refractivity contribution in [3.63, 3.8) is 0 Å². The van der Waals surface area contributed by atoms with Gasteiger partial charge in [-0.05, 0) is 37.7 Å². The molecule has 0 aliphatic carbocycles. The molecule has 1 rings (SSSR count). The van der Waals surface area contributed by atoms with E-state index < -0.39 is 0 Å². The summed E-state index contributed by atoms with van der Waals surface area (Å²) in [6.07, 6.45) is 0.903. The Morgan fingerprint density at radius 1 is 1.29 bits per heavy atom. The minimum Gasteiger partial charge on any atom is -0.491 e. The Hall–Kier alpha value is -1.75. The van der Waals surface area contributed by atoms with Crippen molar-refractivity contribution in [1.29, 1.82) is 0 Å². The van der Waals surface area contributed by atoms with Gasteiger partial charge in [0.1, 0.15) is 5.75 Å². The van der Waals surface area contributed by atoms with Gasteiger partial charge in [-0.25, -0.2) is 0 Å². The standard InChI is InChI=1S/C16H27N3O2/c1-4-11-21-15-12-13(7-8-14(15)17)16(20)18-9-10-19(5-2)6-3/h7-8,12H,4-6,9-11,17H2,1-3H3,(H,18,20). The molecule has 0 unspecified atom stereocenters. The number of benzene rings is 1. The van der Waals surface area contributed by atoms with Crippen LogP contribution in [-0.2, 0) is 0 Å². The van der Waals surface area contributed by atoms with Gasteiger partial charge in [-0.3, -0.25) is 4.79 Å². The minimum atomic E-state index is -0.0940. The zero-order valence-electron chi connectivity index (χ0n) is 13.3. The van der Waals surface area contributed by atoms with Gasteiger partial charge in [-0.15, -0.1) is 0 Å². The van der Waals surface area contributed by atoms with Gasteiger partial charge in [-0.2, -0.15) is 0 Å². The SMILES string of the molecule is CCCOc1cc(C(=O)NCCN(CC)CC)ccc1N. The monoisotopic (exact) mass is 293 g/mol. The van der Waals surface area contributed by atoms with E-state index in [2.05, 4.69) is 24.1 Å². The van der Waals surface area contributed by atoms with Crippen molar-refractivity contribution in [2.24, 2.45) is 0 Å². The lowest BCUT2D eigenvalue weighted by atomic mass is 10.1. The molecule has 0 atom stereocenters. The van der Waals surface area contributed by atoms with E-state index in [1.807, 2.05) is 6.92 Å². The van der Waals surface area contributed by atoms with Gasteiger partial charge in [0.2, 0.25) is 0 Å². The highest BCUT2D eigenvalue weighted by Crippen LogP contribution is 2.22. The zero-order valence-corrected chi connectivity index (χ0v) is 13.3. The number of hydrogen-bond acceptors (Lipinski definition) is 4. The Kier molecular flexibility index (Phi) is 7.61. The number of anilines is 1. The molecule has 1 aromatic rings. The van der Waals surface area contributed by atoms with E-state index in [0.717, 1.165) is 26.1 Å². The van der Waals surface area contributed by atoms with Gasteiger partial charge in [0.15, 0.2) is 0 Å². The lowest BCUT2D eigenvalue weighted by Gasteiger charge is -2.18. The Morgan fingerprint density at radius 2 is 2.00 bits per heavy atom. The third-order valence-corrected chi connectivity index (χ3v) is 3.35. The summed E-state index contributed by atoms with van der Waals surface area (Å²) in [6, 6.07) is 5.14. The number of rotatable bonds is 9. The molecule has 0 saturated carbocycles. The van der Waals surface area contributed by atoms with E-state index in [1.54, 1.807) is 18.2 Å². The molecular weight excluding hydrogens is 266 g/mol. The fraction of sp³-hybridized carbons (Fsp3) is 0.562. The Morgan fingerprint density at radius 3 is 2.62 bits per heavy atom. The second kappa shape index (κ2) is 9.23.